The molecule has 1 amide bonds. The molecule has 4 rings (SSSR count). The van der Waals surface area contributed by atoms with Crippen LogP contribution in [0.4, 0.5) is 5.69 Å². The molecule has 0 aliphatic heterocycles. The molecule has 1 unspecified atom stereocenters. The number of amides is 1. The van der Waals surface area contributed by atoms with Crippen molar-refractivity contribution in [3.63, 3.8) is 0 Å². The molecule has 0 fully saturated rings. The minimum Gasteiger partial charge on any atom is -0.497 e. The molecule has 168 valence electrons. The van der Waals surface area contributed by atoms with Crippen LogP contribution in [-0.2, 0) is 4.79 Å². The smallest absolute Gasteiger partial charge is 0.266 e. The van der Waals surface area contributed by atoms with Crippen LogP contribution in [-0.4, -0.2) is 34.9 Å². The fourth-order valence-electron chi connectivity index (χ4n) is 3.33. The van der Waals surface area contributed by atoms with Crippen LogP contribution >= 0.6 is 11.8 Å². The van der Waals surface area contributed by atoms with Crippen LogP contribution in [0.1, 0.15) is 6.92 Å². The summed E-state index contributed by atoms with van der Waals surface area (Å²) in [6.07, 6.45) is 0. The van der Waals surface area contributed by atoms with E-state index in [0.29, 0.717) is 38.9 Å². The molecule has 0 aliphatic carbocycles. The van der Waals surface area contributed by atoms with Crippen LogP contribution in [0.2, 0.25) is 0 Å². The fourth-order valence-corrected chi connectivity index (χ4v) is 4.26. The molecule has 1 heterocycles. The zero-order chi connectivity index (χ0) is 23.4. The second kappa shape index (κ2) is 9.79. The normalized spacial score (nSPS) is 11.7. The molecule has 1 atom stereocenters. The zero-order valence-electron chi connectivity index (χ0n) is 18.4. The number of nitrogens with one attached hydrogen (secondary N) is 1. The van der Waals surface area contributed by atoms with Crippen LogP contribution in [0.15, 0.2) is 82.7 Å². The number of para-hydroxylation sites is 2. The number of aromatic nitrogens is 2. The lowest BCUT2D eigenvalue weighted by Gasteiger charge is -2.17. The Morgan fingerprint density at radius 2 is 1.61 bits per heavy atom. The summed E-state index contributed by atoms with van der Waals surface area (Å²) in [5.41, 5.74) is 1.64. The number of methoxy groups -OCH3 is 2. The molecule has 0 spiro atoms. The van der Waals surface area contributed by atoms with Crippen molar-refractivity contribution in [2.45, 2.75) is 17.3 Å². The van der Waals surface area contributed by atoms with Crippen molar-refractivity contribution in [3.8, 4) is 17.2 Å². The standard InChI is InChI=1S/C25H23N3O4S/c1-16(23(29)26-17-13-19(31-2)15-20(14-17)32-3)33-25-27-22-12-8-7-11-21(22)24(30)28(25)18-9-5-4-6-10-18/h4-16H,1-3H3,(H,26,29). The van der Waals surface area contributed by atoms with Crippen LogP contribution in [0.5, 0.6) is 11.5 Å². The van der Waals surface area contributed by atoms with E-state index >= 15 is 0 Å². The van der Waals surface area contributed by atoms with Gasteiger partial charge in [0.2, 0.25) is 5.91 Å². The van der Waals surface area contributed by atoms with Crippen molar-refractivity contribution >= 4 is 34.3 Å². The molecule has 0 radical (unpaired) electrons. The number of rotatable bonds is 7. The average Bonchev–Trinajstić information content (AvgIpc) is 2.84. The Labute approximate surface area is 195 Å². The Morgan fingerprint density at radius 1 is 0.970 bits per heavy atom. The van der Waals surface area contributed by atoms with E-state index in [1.165, 1.54) is 11.8 Å². The topological polar surface area (TPSA) is 82.5 Å². The lowest BCUT2D eigenvalue weighted by atomic mass is 10.2. The molecule has 0 saturated heterocycles. The molecule has 3 aromatic carbocycles. The number of carbonyl (C=O) groups is 1. The van der Waals surface area contributed by atoms with Crippen molar-refractivity contribution in [1.82, 2.24) is 9.55 Å². The highest BCUT2D eigenvalue weighted by atomic mass is 32.2. The van der Waals surface area contributed by atoms with E-state index < -0.39 is 5.25 Å². The van der Waals surface area contributed by atoms with E-state index in [2.05, 4.69) is 5.32 Å². The molecular weight excluding hydrogens is 438 g/mol. The summed E-state index contributed by atoms with van der Waals surface area (Å²) in [4.78, 5) is 31.0. The lowest BCUT2D eigenvalue weighted by Crippen LogP contribution is -2.26. The highest BCUT2D eigenvalue weighted by molar-refractivity contribution is 8.00. The van der Waals surface area contributed by atoms with Gasteiger partial charge in [0.05, 0.1) is 36.1 Å². The van der Waals surface area contributed by atoms with Gasteiger partial charge in [-0.15, -0.1) is 0 Å². The molecule has 1 N–H and O–H groups in total. The van der Waals surface area contributed by atoms with Crippen LogP contribution < -0.4 is 20.3 Å². The Bertz CT molecular complexity index is 1330. The number of hydrogen-bond donors (Lipinski definition) is 1. The number of anilines is 1. The number of fused-ring (bicyclic) bond motifs is 1. The van der Waals surface area contributed by atoms with E-state index in [-0.39, 0.29) is 11.5 Å². The van der Waals surface area contributed by atoms with Gasteiger partial charge >= 0.3 is 0 Å². The number of nitrogens with zero attached hydrogens (tertiary/aromatic N) is 2. The van der Waals surface area contributed by atoms with Gasteiger partial charge in [-0.3, -0.25) is 14.2 Å². The van der Waals surface area contributed by atoms with E-state index in [1.54, 1.807) is 56.0 Å². The van der Waals surface area contributed by atoms with Crippen LogP contribution in [0.3, 0.4) is 0 Å². The van der Waals surface area contributed by atoms with Gasteiger partial charge in [-0.1, -0.05) is 42.1 Å². The number of thioether (sulfide) groups is 1. The number of ether oxygens (including phenoxy) is 2. The highest BCUT2D eigenvalue weighted by Crippen LogP contribution is 2.28. The summed E-state index contributed by atoms with van der Waals surface area (Å²) < 4.78 is 12.1. The van der Waals surface area contributed by atoms with Crippen molar-refractivity contribution in [3.05, 3.63) is 83.2 Å². The maximum atomic E-state index is 13.3. The molecule has 7 nitrogen and oxygen atoms in total. The Hall–Kier alpha value is -3.78. The monoisotopic (exact) mass is 461 g/mol. The van der Waals surface area contributed by atoms with Gasteiger partial charge in [-0.05, 0) is 31.2 Å². The minimum atomic E-state index is -0.537. The summed E-state index contributed by atoms with van der Waals surface area (Å²) in [7, 11) is 3.10. The van der Waals surface area contributed by atoms with Gasteiger partial charge in [-0.2, -0.15) is 0 Å². The third-order valence-electron chi connectivity index (χ3n) is 5.03. The molecule has 4 aromatic rings. The van der Waals surface area contributed by atoms with Gasteiger partial charge in [0.25, 0.3) is 5.56 Å². The predicted octanol–water partition coefficient (Wildman–Crippen LogP) is 4.52. The predicted molar refractivity (Wildman–Crippen MR) is 131 cm³/mol. The average molecular weight is 462 g/mol. The number of benzene rings is 3. The third-order valence-corrected chi connectivity index (χ3v) is 6.08. The van der Waals surface area contributed by atoms with E-state index in [9.17, 15) is 9.59 Å². The van der Waals surface area contributed by atoms with Crippen molar-refractivity contribution in [2.75, 3.05) is 19.5 Å². The first kappa shape index (κ1) is 22.4. The first-order valence-electron chi connectivity index (χ1n) is 10.3. The maximum absolute atomic E-state index is 13.3. The maximum Gasteiger partial charge on any atom is 0.266 e. The highest BCUT2D eigenvalue weighted by Gasteiger charge is 2.21. The molecule has 8 heteroatoms. The largest absolute Gasteiger partial charge is 0.497 e. The molecule has 1 aromatic heterocycles. The molecule has 0 saturated carbocycles. The van der Waals surface area contributed by atoms with Gasteiger partial charge in [0.15, 0.2) is 5.16 Å². The van der Waals surface area contributed by atoms with Gasteiger partial charge < -0.3 is 14.8 Å². The van der Waals surface area contributed by atoms with Gasteiger partial charge in [0, 0.05) is 23.9 Å². The Kier molecular flexibility index (Phi) is 6.65. The Balaban J connectivity index is 1.67. The summed E-state index contributed by atoms with van der Waals surface area (Å²) in [5.74, 6) is 0.899. The minimum absolute atomic E-state index is 0.181. The van der Waals surface area contributed by atoms with Crippen molar-refractivity contribution in [1.29, 1.82) is 0 Å². The summed E-state index contributed by atoms with van der Waals surface area (Å²) in [5, 5.41) is 3.31. The van der Waals surface area contributed by atoms with Crippen molar-refractivity contribution in [2.24, 2.45) is 0 Å². The van der Waals surface area contributed by atoms with E-state index in [0.717, 1.165) is 0 Å². The summed E-state index contributed by atoms with van der Waals surface area (Å²) in [6.45, 7) is 1.77. The first-order valence-corrected chi connectivity index (χ1v) is 11.2. The van der Waals surface area contributed by atoms with E-state index in [1.807, 2.05) is 42.5 Å². The number of carbonyl (C=O) groups excluding carboxylic acids is 1. The second-order valence-electron chi connectivity index (χ2n) is 7.24. The second-order valence-corrected chi connectivity index (χ2v) is 8.55. The zero-order valence-corrected chi connectivity index (χ0v) is 19.3. The van der Waals surface area contributed by atoms with Gasteiger partial charge in [0.1, 0.15) is 11.5 Å². The summed E-state index contributed by atoms with van der Waals surface area (Å²) in [6, 6.07) is 21.6. The lowest BCUT2D eigenvalue weighted by molar-refractivity contribution is -0.115. The van der Waals surface area contributed by atoms with Crippen molar-refractivity contribution < 1.29 is 14.3 Å². The number of hydrogen-bond acceptors (Lipinski definition) is 6. The molecule has 0 aliphatic rings. The molecule has 0 bridgehead atoms. The fraction of sp³-hybridized carbons (Fsp3) is 0.160. The SMILES string of the molecule is COc1cc(NC(=O)C(C)Sc2nc3ccccc3c(=O)n2-c2ccccc2)cc(OC)c1. The Morgan fingerprint density at radius 3 is 2.27 bits per heavy atom. The first-order chi connectivity index (χ1) is 16.0. The third kappa shape index (κ3) is 4.85. The molecule has 33 heavy (non-hydrogen) atoms. The molecular formula is C25H23N3O4S. The quantitative estimate of drug-likeness (QED) is 0.322. The van der Waals surface area contributed by atoms with Crippen LogP contribution in [0.25, 0.3) is 16.6 Å². The van der Waals surface area contributed by atoms with E-state index in [4.69, 9.17) is 14.5 Å². The summed E-state index contributed by atoms with van der Waals surface area (Å²) >= 11 is 1.22. The van der Waals surface area contributed by atoms with Crippen LogP contribution in [0, 0.1) is 0 Å². The van der Waals surface area contributed by atoms with Gasteiger partial charge in [-0.25, -0.2) is 4.98 Å².